The van der Waals surface area contributed by atoms with Crippen LogP contribution in [0, 0.1) is 0 Å². The summed E-state index contributed by atoms with van der Waals surface area (Å²) in [5, 5.41) is 0. The molecule has 1 aliphatic heterocycles. The minimum absolute atomic E-state index is 0. The standard InChI is InChI=1S/C15H31N.ClH/c1-3-4-5-6-7-9-12-15(2)16-13-10-8-11-14-16;/h15H,3-14H2,1-2H3;1H. The second-order valence-electron chi connectivity index (χ2n) is 5.50. The third kappa shape index (κ3) is 8.05. The molecule has 0 radical (unpaired) electrons. The molecule has 1 nitrogen and oxygen atoms in total. The normalized spacial score (nSPS) is 18.7. The zero-order valence-electron chi connectivity index (χ0n) is 11.9. The number of hydrogen-bond acceptors (Lipinski definition) is 1. The predicted octanol–water partition coefficient (Wildman–Crippen LogP) is 5.03. The highest BCUT2D eigenvalue weighted by atomic mass is 35.5. The Bertz CT molecular complexity index is 155. The van der Waals surface area contributed by atoms with Crippen molar-refractivity contribution in [1.29, 1.82) is 0 Å². The van der Waals surface area contributed by atoms with Crippen LogP contribution in [0.25, 0.3) is 0 Å². The molecule has 1 rings (SSSR count). The third-order valence-corrected chi connectivity index (χ3v) is 3.99. The minimum Gasteiger partial charge on any atom is -0.301 e. The Morgan fingerprint density at radius 1 is 0.882 bits per heavy atom. The van der Waals surface area contributed by atoms with E-state index in [0.29, 0.717) is 0 Å². The Hall–Kier alpha value is 0.250. The largest absolute Gasteiger partial charge is 0.301 e. The van der Waals surface area contributed by atoms with Crippen LogP contribution >= 0.6 is 12.4 Å². The first-order chi connectivity index (χ1) is 7.84. The van der Waals surface area contributed by atoms with Crippen LogP contribution in [0.4, 0.5) is 0 Å². The molecule has 0 saturated carbocycles. The van der Waals surface area contributed by atoms with Gasteiger partial charge in [-0.05, 0) is 39.3 Å². The average Bonchev–Trinajstić information content (AvgIpc) is 2.34. The van der Waals surface area contributed by atoms with E-state index in [2.05, 4.69) is 18.7 Å². The summed E-state index contributed by atoms with van der Waals surface area (Å²) < 4.78 is 0. The highest BCUT2D eigenvalue weighted by Gasteiger charge is 2.15. The predicted molar refractivity (Wildman–Crippen MR) is 80.1 cm³/mol. The molecular weight excluding hydrogens is 230 g/mol. The van der Waals surface area contributed by atoms with E-state index < -0.39 is 0 Å². The van der Waals surface area contributed by atoms with Crippen molar-refractivity contribution in [3.05, 3.63) is 0 Å². The van der Waals surface area contributed by atoms with Crippen LogP contribution in [0.1, 0.15) is 78.1 Å². The van der Waals surface area contributed by atoms with Crippen LogP contribution in [-0.2, 0) is 0 Å². The number of unbranched alkanes of at least 4 members (excludes halogenated alkanes) is 5. The molecule has 0 spiro atoms. The van der Waals surface area contributed by atoms with Crippen molar-refractivity contribution in [3.8, 4) is 0 Å². The maximum Gasteiger partial charge on any atom is 0.00669 e. The SMILES string of the molecule is CCCCCCCCC(C)N1CCCCC1.Cl. The van der Waals surface area contributed by atoms with Gasteiger partial charge in [-0.3, -0.25) is 0 Å². The molecule has 0 aromatic heterocycles. The molecule has 0 aromatic carbocycles. The van der Waals surface area contributed by atoms with Crippen LogP contribution < -0.4 is 0 Å². The molecule has 1 fully saturated rings. The second-order valence-corrected chi connectivity index (χ2v) is 5.50. The summed E-state index contributed by atoms with van der Waals surface area (Å²) in [6.07, 6.45) is 14.4. The molecular formula is C15H32ClN. The molecule has 1 atom stereocenters. The van der Waals surface area contributed by atoms with Gasteiger partial charge in [0.1, 0.15) is 0 Å². The maximum absolute atomic E-state index is 2.70. The fourth-order valence-electron chi connectivity index (χ4n) is 2.76. The summed E-state index contributed by atoms with van der Waals surface area (Å²) in [6, 6.07) is 0.839. The van der Waals surface area contributed by atoms with E-state index in [9.17, 15) is 0 Å². The number of hydrogen-bond donors (Lipinski definition) is 0. The van der Waals surface area contributed by atoms with Gasteiger partial charge >= 0.3 is 0 Å². The number of nitrogens with zero attached hydrogens (tertiary/aromatic N) is 1. The van der Waals surface area contributed by atoms with Gasteiger partial charge in [-0.2, -0.15) is 0 Å². The Labute approximate surface area is 115 Å². The Morgan fingerprint density at radius 3 is 2.12 bits per heavy atom. The second kappa shape index (κ2) is 11.3. The van der Waals surface area contributed by atoms with E-state index >= 15 is 0 Å². The van der Waals surface area contributed by atoms with Crippen molar-refractivity contribution >= 4 is 12.4 Å². The average molecular weight is 262 g/mol. The van der Waals surface area contributed by atoms with Crippen molar-refractivity contribution < 1.29 is 0 Å². The van der Waals surface area contributed by atoms with Crippen LogP contribution in [0.15, 0.2) is 0 Å². The van der Waals surface area contributed by atoms with E-state index in [-0.39, 0.29) is 12.4 Å². The summed E-state index contributed by atoms with van der Waals surface area (Å²) in [5.41, 5.74) is 0. The lowest BCUT2D eigenvalue weighted by Gasteiger charge is -2.32. The van der Waals surface area contributed by atoms with Crippen LogP contribution in [0.5, 0.6) is 0 Å². The van der Waals surface area contributed by atoms with E-state index in [0.717, 1.165) is 6.04 Å². The maximum atomic E-state index is 2.70. The molecule has 17 heavy (non-hydrogen) atoms. The van der Waals surface area contributed by atoms with Gasteiger partial charge in [-0.15, -0.1) is 12.4 Å². The van der Waals surface area contributed by atoms with Crippen molar-refractivity contribution in [2.75, 3.05) is 13.1 Å². The minimum atomic E-state index is 0. The van der Waals surface area contributed by atoms with E-state index in [4.69, 9.17) is 0 Å². The molecule has 104 valence electrons. The molecule has 0 aliphatic carbocycles. The number of rotatable bonds is 8. The fraction of sp³-hybridized carbons (Fsp3) is 1.00. The Kier molecular flexibility index (Phi) is 11.5. The first kappa shape index (κ1) is 17.2. The zero-order chi connectivity index (χ0) is 11.6. The van der Waals surface area contributed by atoms with Crippen LogP contribution in [0.3, 0.4) is 0 Å². The topological polar surface area (TPSA) is 3.24 Å². The van der Waals surface area contributed by atoms with Gasteiger partial charge < -0.3 is 4.90 Å². The Morgan fingerprint density at radius 2 is 1.47 bits per heavy atom. The first-order valence-electron chi connectivity index (χ1n) is 7.58. The van der Waals surface area contributed by atoms with Gasteiger partial charge in [0.25, 0.3) is 0 Å². The lowest BCUT2D eigenvalue weighted by atomic mass is 10.0. The molecule has 1 aliphatic rings. The van der Waals surface area contributed by atoms with E-state index in [1.807, 2.05) is 0 Å². The lowest BCUT2D eigenvalue weighted by Crippen LogP contribution is -2.37. The molecule has 1 heterocycles. The summed E-state index contributed by atoms with van der Waals surface area (Å²) >= 11 is 0. The van der Waals surface area contributed by atoms with Crippen molar-refractivity contribution in [3.63, 3.8) is 0 Å². The van der Waals surface area contributed by atoms with Gasteiger partial charge in [0, 0.05) is 6.04 Å². The molecule has 0 bridgehead atoms. The van der Waals surface area contributed by atoms with E-state index in [1.54, 1.807) is 0 Å². The summed E-state index contributed by atoms with van der Waals surface area (Å²) in [4.78, 5) is 2.70. The third-order valence-electron chi connectivity index (χ3n) is 3.99. The van der Waals surface area contributed by atoms with Gasteiger partial charge in [0.05, 0.1) is 0 Å². The first-order valence-corrected chi connectivity index (χ1v) is 7.58. The Balaban J connectivity index is 0.00000256. The number of halogens is 1. The van der Waals surface area contributed by atoms with Crippen LogP contribution in [-0.4, -0.2) is 24.0 Å². The van der Waals surface area contributed by atoms with E-state index in [1.165, 1.54) is 77.3 Å². The number of likely N-dealkylation sites (tertiary alicyclic amines) is 1. The van der Waals surface area contributed by atoms with Gasteiger partial charge in [-0.25, -0.2) is 0 Å². The fourth-order valence-corrected chi connectivity index (χ4v) is 2.76. The summed E-state index contributed by atoms with van der Waals surface area (Å²) in [6.45, 7) is 7.43. The molecule has 0 N–H and O–H groups in total. The lowest BCUT2D eigenvalue weighted by molar-refractivity contribution is 0.164. The summed E-state index contributed by atoms with van der Waals surface area (Å²) in [5.74, 6) is 0. The zero-order valence-corrected chi connectivity index (χ0v) is 12.7. The smallest absolute Gasteiger partial charge is 0.00669 e. The highest BCUT2D eigenvalue weighted by Crippen LogP contribution is 2.16. The van der Waals surface area contributed by atoms with Crippen LogP contribution in [0.2, 0.25) is 0 Å². The molecule has 1 unspecified atom stereocenters. The van der Waals surface area contributed by atoms with Gasteiger partial charge in [0.2, 0.25) is 0 Å². The van der Waals surface area contributed by atoms with Crippen molar-refractivity contribution in [2.24, 2.45) is 0 Å². The number of piperidine rings is 1. The van der Waals surface area contributed by atoms with Gasteiger partial charge in [-0.1, -0.05) is 51.9 Å². The molecule has 0 aromatic rings. The monoisotopic (exact) mass is 261 g/mol. The molecule has 0 amide bonds. The van der Waals surface area contributed by atoms with Crippen molar-refractivity contribution in [1.82, 2.24) is 4.90 Å². The quantitative estimate of drug-likeness (QED) is 0.554. The summed E-state index contributed by atoms with van der Waals surface area (Å²) in [7, 11) is 0. The molecule has 2 heteroatoms. The highest BCUT2D eigenvalue weighted by molar-refractivity contribution is 5.85. The molecule has 1 saturated heterocycles. The van der Waals surface area contributed by atoms with Gasteiger partial charge in [0.15, 0.2) is 0 Å². The van der Waals surface area contributed by atoms with Crippen molar-refractivity contribution in [2.45, 2.75) is 84.1 Å².